The van der Waals surface area contributed by atoms with Crippen molar-refractivity contribution in [2.45, 2.75) is 30.4 Å². The van der Waals surface area contributed by atoms with Crippen LogP contribution in [0, 0.1) is 5.92 Å². The number of pyridine rings is 1. The Bertz CT molecular complexity index is 1200. The molecule has 0 unspecified atom stereocenters. The highest BCUT2D eigenvalue weighted by Gasteiger charge is 2.31. The SMILES string of the molecule is CC1CCN(C(=O)c2cc(NC(=O)c3ccccc3S(=O)(=O)C(F)F)c(=O)n(C)c2)CC1. The number of sulfone groups is 1. The van der Waals surface area contributed by atoms with Crippen molar-refractivity contribution in [3.8, 4) is 0 Å². The molecule has 2 aromatic rings. The average molecular weight is 467 g/mol. The number of hydrogen-bond acceptors (Lipinski definition) is 5. The maximum Gasteiger partial charge on any atom is 0.341 e. The Labute approximate surface area is 183 Å². The number of aryl methyl sites for hydroxylation is 1. The van der Waals surface area contributed by atoms with Gasteiger partial charge in [0.15, 0.2) is 0 Å². The molecule has 0 spiro atoms. The number of benzene rings is 1. The molecule has 11 heteroatoms. The van der Waals surface area contributed by atoms with Crippen LogP contribution in [0.1, 0.15) is 40.5 Å². The molecule has 0 atom stereocenters. The van der Waals surface area contributed by atoms with Crippen molar-refractivity contribution in [2.75, 3.05) is 18.4 Å². The monoisotopic (exact) mass is 467 g/mol. The zero-order valence-corrected chi connectivity index (χ0v) is 18.4. The molecule has 1 aromatic carbocycles. The summed E-state index contributed by atoms with van der Waals surface area (Å²) in [6, 6.07) is 5.70. The van der Waals surface area contributed by atoms with Crippen LogP contribution in [0.3, 0.4) is 0 Å². The molecule has 0 saturated carbocycles. The number of carbonyl (C=O) groups is 2. The van der Waals surface area contributed by atoms with E-state index in [0.717, 1.165) is 29.5 Å². The number of amides is 2. The molecule has 8 nitrogen and oxygen atoms in total. The van der Waals surface area contributed by atoms with Gasteiger partial charge in [0.1, 0.15) is 5.69 Å². The second-order valence-corrected chi connectivity index (χ2v) is 9.68. The van der Waals surface area contributed by atoms with Crippen LogP contribution in [0.2, 0.25) is 0 Å². The number of rotatable bonds is 5. The Hall–Kier alpha value is -3.08. The van der Waals surface area contributed by atoms with E-state index < -0.39 is 37.5 Å². The number of aromatic nitrogens is 1. The van der Waals surface area contributed by atoms with Crippen molar-refractivity contribution in [3.63, 3.8) is 0 Å². The number of alkyl halides is 2. The van der Waals surface area contributed by atoms with Crippen LogP contribution in [0.15, 0.2) is 46.2 Å². The van der Waals surface area contributed by atoms with Crippen molar-refractivity contribution in [3.05, 3.63) is 58.0 Å². The van der Waals surface area contributed by atoms with Crippen LogP contribution in [-0.4, -0.2) is 48.5 Å². The van der Waals surface area contributed by atoms with Crippen LogP contribution in [0.5, 0.6) is 0 Å². The van der Waals surface area contributed by atoms with E-state index in [1.807, 2.05) is 0 Å². The van der Waals surface area contributed by atoms with Gasteiger partial charge in [0, 0.05) is 26.3 Å². The van der Waals surface area contributed by atoms with E-state index in [0.29, 0.717) is 19.0 Å². The summed E-state index contributed by atoms with van der Waals surface area (Å²) in [5.41, 5.74) is -1.27. The first-order chi connectivity index (χ1) is 15.0. The number of likely N-dealkylation sites (tertiary alicyclic amines) is 1. The number of hydrogen-bond donors (Lipinski definition) is 1. The number of piperidine rings is 1. The van der Waals surface area contributed by atoms with E-state index in [2.05, 4.69) is 12.2 Å². The van der Waals surface area contributed by atoms with E-state index in [1.54, 1.807) is 4.90 Å². The zero-order chi connectivity index (χ0) is 23.6. The predicted molar refractivity (Wildman–Crippen MR) is 114 cm³/mol. The molecule has 3 rings (SSSR count). The fourth-order valence-corrected chi connectivity index (χ4v) is 4.43. The topological polar surface area (TPSA) is 106 Å². The standard InChI is InChI=1S/C21H23F2N3O5S/c1-13-7-9-26(10-8-13)19(28)14-11-16(20(29)25(2)12-14)24-18(27)15-5-3-4-6-17(15)32(30,31)21(22)23/h3-6,11-13,21H,7-10H2,1-2H3,(H,24,27). The van der Waals surface area contributed by atoms with E-state index in [9.17, 15) is 31.6 Å². The lowest BCUT2D eigenvalue weighted by molar-refractivity contribution is 0.0696. The van der Waals surface area contributed by atoms with Crippen molar-refractivity contribution < 1.29 is 26.8 Å². The molecule has 1 aliphatic rings. The van der Waals surface area contributed by atoms with Gasteiger partial charge >= 0.3 is 5.76 Å². The van der Waals surface area contributed by atoms with Gasteiger partial charge in [-0.1, -0.05) is 19.1 Å². The van der Waals surface area contributed by atoms with Crippen LogP contribution >= 0.6 is 0 Å². The van der Waals surface area contributed by atoms with Crippen molar-refractivity contribution >= 4 is 27.3 Å². The molecule has 1 aromatic heterocycles. The number of nitrogens with one attached hydrogen (secondary N) is 1. The molecule has 0 radical (unpaired) electrons. The maximum absolute atomic E-state index is 13.0. The lowest BCUT2D eigenvalue weighted by Gasteiger charge is -2.30. The van der Waals surface area contributed by atoms with Gasteiger partial charge in [0.05, 0.1) is 16.0 Å². The van der Waals surface area contributed by atoms with E-state index in [-0.39, 0.29) is 17.2 Å². The lowest BCUT2D eigenvalue weighted by atomic mass is 9.99. The summed E-state index contributed by atoms with van der Waals surface area (Å²) in [7, 11) is -3.64. The molecule has 1 N–H and O–H groups in total. The summed E-state index contributed by atoms with van der Waals surface area (Å²) in [6.45, 7) is 3.25. The molecular formula is C21H23F2N3O5S. The Balaban J connectivity index is 1.93. The van der Waals surface area contributed by atoms with Crippen molar-refractivity contribution in [2.24, 2.45) is 13.0 Å². The summed E-state index contributed by atoms with van der Waals surface area (Å²) >= 11 is 0. The number of nitrogens with zero attached hydrogens (tertiary/aromatic N) is 2. The van der Waals surface area contributed by atoms with Gasteiger partial charge in [-0.05, 0) is 37.0 Å². The first-order valence-corrected chi connectivity index (χ1v) is 11.5. The third kappa shape index (κ3) is 4.72. The molecule has 172 valence electrons. The second kappa shape index (κ2) is 9.19. The smallest absolute Gasteiger partial charge is 0.339 e. The van der Waals surface area contributed by atoms with Crippen LogP contribution in [-0.2, 0) is 16.9 Å². The third-order valence-electron chi connectivity index (χ3n) is 5.42. The summed E-state index contributed by atoms with van der Waals surface area (Å²) in [5.74, 6) is -4.56. The minimum absolute atomic E-state index is 0.172. The first-order valence-electron chi connectivity index (χ1n) is 9.94. The van der Waals surface area contributed by atoms with E-state index in [4.69, 9.17) is 0 Å². The normalized spacial score (nSPS) is 15.1. The summed E-state index contributed by atoms with van der Waals surface area (Å²) in [6.07, 6.45) is 3.07. The average Bonchev–Trinajstić information content (AvgIpc) is 2.76. The quantitative estimate of drug-likeness (QED) is 0.728. The summed E-state index contributed by atoms with van der Waals surface area (Å²) < 4.78 is 51.0. The number of halogens is 2. The van der Waals surface area contributed by atoms with Gasteiger partial charge in [-0.2, -0.15) is 8.78 Å². The highest BCUT2D eigenvalue weighted by Crippen LogP contribution is 2.23. The molecular weight excluding hydrogens is 444 g/mol. The van der Waals surface area contributed by atoms with Crippen molar-refractivity contribution in [1.82, 2.24) is 9.47 Å². The molecule has 0 bridgehead atoms. The van der Waals surface area contributed by atoms with Gasteiger partial charge in [-0.15, -0.1) is 0 Å². The van der Waals surface area contributed by atoms with Gasteiger partial charge in [0.2, 0.25) is 9.84 Å². The van der Waals surface area contributed by atoms with Crippen LogP contribution in [0.4, 0.5) is 14.5 Å². The Morgan fingerprint density at radius 1 is 1.16 bits per heavy atom. The minimum atomic E-state index is -5.04. The fraction of sp³-hybridized carbons (Fsp3) is 0.381. The largest absolute Gasteiger partial charge is 0.341 e. The van der Waals surface area contributed by atoms with Gasteiger partial charge in [0.25, 0.3) is 17.4 Å². The maximum atomic E-state index is 13.0. The molecule has 1 aliphatic heterocycles. The first kappa shape index (κ1) is 23.6. The van der Waals surface area contributed by atoms with Gasteiger partial charge in [-0.3, -0.25) is 14.4 Å². The highest BCUT2D eigenvalue weighted by molar-refractivity contribution is 7.91. The molecule has 0 aliphatic carbocycles. The Kier molecular flexibility index (Phi) is 6.77. The molecule has 32 heavy (non-hydrogen) atoms. The molecule has 2 amide bonds. The zero-order valence-electron chi connectivity index (χ0n) is 17.5. The van der Waals surface area contributed by atoms with Gasteiger partial charge < -0.3 is 14.8 Å². The lowest BCUT2D eigenvalue weighted by Crippen LogP contribution is -2.38. The number of carbonyl (C=O) groups excluding carboxylic acids is 2. The fourth-order valence-electron chi connectivity index (χ4n) is 3.50. The van der Waals surface area contributed by atoms with Crippen LogP contribution in [0.25, 0.3) is 0 Å². The van der Waals surface area contributed by atoms with E-state index in [1.165, 1.54) is 31.4 Å². The molecule has 2 heterocycles. The predicted octanol–water partition coefficient (Wildman–Crippen LogP) is 2.51. The van der Waals surface area contributed by atoms with Gasteiger partial charge in [-0.25, -0.2) is 8.42 Å². The Morgan fingerprint density at radius 3 is 2.41 bits per heavy atom. The summed E-state index contributed by atoms with van der Waals surface area (Å²) in [4.78, 5) is 38.9. The van der Waals surface area contributed by atoms with Crippen LogP contribution < -0.4 is 10.9 Å². The molecule has 1 fully saturated rings. The second-order valence-electron chi connectivity index (χ2n) is 7.79. The minimum Gasteiger partial charge on any atom is -0.339 e. The molecule has 1 saturated heterocycles. The van der Waals surface area contributed by atoms with E-state index >= 15 is 0 Å². The van der Waals surface area contributed by atoms with Crippen molar-refractivity contribution in [1.29, 1.82) is 0 Å². The number of anilines is 1. The third-order valence-corrected chi connectivity index (χ3v) is 6.86. The highest BCUT2D eigenvalue weighted by atomic mass is 32.2. The Morgan fingerprint density at radius 2 is 1.78 bits per heavy atom. The summed E-state index contributed by atoms with van der Waals surface area (Å²) in [5, 5.41) is 2.27.